The average Bonchev–Trinajstić information content (AvgIpc) is 2.83. The maximum absolute atomic E-state index is 11.8. The number of carbonyl (C=O) groups is 1. The van der Waals surface area contributed by atoms with Crippen molar-refractivity contribution < 1.29 is 14.3 Å². The summed E-state index contributed by atoms with van der Waals surface area (Å²) in [5.74, 6) is 0.387. The van der Waals surface area contributed by atoms with Gasteiger partial charge in [0.2, 0.25) is 5.82 Å². The molecule has 1 N–H and O–H groups in total. The van der Waals surface area contributed by atoms with E-state index in [0.29, 0.717) is 24.1 Å². The van der Waals surface area contributed by atoms with Gasteiger partial charge in [0.1, 0.15) is 6.07 Å². The summed E-state index contributed by atoms with van der Waals surface area (Å²) in [6, 6.07) is 8.65. The van der Waals surface area contributed by atoms with Gasteiger partial charge in [-0.1, -0.05) is 26.8 Å². The molecule has 8 nitrogen and oxygen atoms in total. The Balaban J connectivity index is 1.99. The standard InChI is InChI=1S/C25H33N5O3/c1-17(2)16-30(21-7-9-33-10-8-21)23-6-5-19(18(3)11-25(31)32-4)12-22(23)29-20-14-27-24(13-26)28-15-20/h5-6,12,14-15,17-18,21,29H,7-11,16H2,1-4H3/t18-/m1/s1. The number of methoxy groups -OCH3 is 1. The Morgan fingerprint density at radius 3 is 2.58 bits per heavy atom. The summed E-state index contributed by atoms with van der Waals surface area (Å²) in [6.07, 6.45) is 5.49. The van der Waals surface area contributed by atoms with E-state index in [1.165, 1.54) is 7.11 Å². The summed E-state index contributed by atoms with van der Waals surface area (Å²) >= 11 is 0. The molecule has 1 aliphatic heterocycles. The molecule has 1 aliphatic rings. The Labute approximate surface area is 195 Å². The maximum atomic E-state index is 11.8. The van der Waals surface area contributed by atoms with Crippen LogP contribution in [0.4, 0.5) is 17.1 Å². The number of carbonyl (C=O) groups excluding carboxylic acids is 1. The molecule has 1 fully saturated rings. The molecule has 0 radical (unpaired) electrons. The molecule has 3 rings (SSSR count). The lowest BCUT2D eigenvalue weighted by molar-refractivity contribution is -0.140. The molecule has 8 heteroatoms. The van der Waals surface area contributed by atoms with Gasteiger partial charge in [0, 0.05) is 25.8 Å². The molecule has 1 atom stereocenters. The molecule has 0 bridgehead atoms. The van der Waals surface area contributed by atoms with Gasteiger partial charge >= 0.3 is 5.97 Å². The fourth-order valence-corrected chi connectivity index (χ4v) is 4.10. The second-order valence-corrected chi connectivity index (χ2v) is 8.88. The van der Waals surface area contributed by atoms with Crippen molar-refractivity contribution >= 4 is 23.0 Å². The molecule has 2 aromatic rings. The Hall–Kier alpha value is -3.18. The summed E-state index contributed by atoms with van der Waals surface area (Å²) in [6.45, 7) is 8.91. The van der Waals surface area contributed by atoms with Crippen LogP contribution in [0.1, 0.15) is 57.3 Å². The molecular formula is C25H33N5O3. The van der Waals surface area contributed by atoms with Gasteiger partial charge < -0.3 is 19.7 Å². The van der Waals surface area contributed by atoms with Crippen LogP contribution in [0.25, 0.3) is 0 Å². The van der Waals surface area contributed by atoms with Crippen LogP contribution in [-0.4, -0.2) is 48.8 Å². The lowest BCUT2D eigenvalue weighted by Crippen LogP contribution is -2.42. The minimum Gasteiger partial charge on any atom is -0.469 e. The molecule has 2 heterocycles. The predicted octanol–water partition coefficient (Wildman–Crippen LogP) is 4.40. The van der Waals surface area contributed by atoms with Crippen molar-refractivity contribution in [1.29, 1.82) is 5.26 Å². The van der Waals surface area contributed by atoms with Gasteiger partial charge in [-0.2, -0.15) is 5.26 Å². The van der Waals surface area contributed by atoms with Crippen LogP contribution >= 0.6 is 0 Å². The number of hydrogen-bond donors (Lipinski definition) is 1. The summed E-state index contributed by atoms with van der Waals surface area (Å²) in [5.41, 5.74) is 3.75. The van der Waals surface area contributed by atoms with E-state index in [1.807, 2.05) is 13.0 Å². The zero-order valence-corrected chi connectivity index (χ0v) is 19.9. The fourth-order valence-electron chi connectivity index (χ4n) is 4.10. The highest BCUT2D eigenvalue weighted by atomic mass is 16.5. The minimum absolute atomic E-state index is 0.00546. The summed E-state index contributed by atoms with van der Waals surface area (Å²) in [4.78, 5) is 22.5. The Kier molecular flexibility index (Phi) is 8.61. The van der Waals surface area contributed by atoms with Gasteiger partial charge in [-0.3, -0.25) is 4.79 Å². The van der Waals surface area contributed by atoms with Gasteiger partial charge in [-0.05, 0) is 42.4 Å². The lowest BCUT2D eigenvalue weighted by Gasteiger charge is -2.38. The zero-order chi connectivity index (χ0) is 23.8. The van der Waals surface area contributed by atoms with Gasteiger partial charge in [0.05, 0.1) is 43.0 Å². The molecule has 0 aliphatic carbocycles. The van der Waals surface area contributed by atoms with Gasteiger partial charge in [-0.25, -0.2) is 9.97 Å². The van der Waals surface area contributed by atoms with Crippen molar-refractivity contribution in [1.82, 2.24) is 9.97 Å². The van der Waals surface area contributed by atoms with E-state index >= 15 is 0 Å². The van der Waals surface area contributed by atoms with Crippen molar-refractivity contribution in [3.8, 4) is 6.07 Å². The first-order valence-electron chi connectivity index (χ1n) is 11.5. The third-order valence-electron chi connectivity index (χ3n) is 5.82. The first-order valence-corrected chi connectivity index (χ1v) is 11.5. The fraction of sp³-hybridized carbons (Fsp3) is 0.520. The van der Waals surface area contributed by atoms with Gasteiger partial charge in [0.25, 0.3) is 0 Å². The second kappa shape index (κ2) is 11.6. The largest absolute Gasteiger partial charge is 0.469 e. The highest BCUT2D eigenvalue weighted by Crippen LogP contribution is 2.36. The molecule has 1 aromatic carbocycles. The Bertz CT molecular complexity index is 965. The van der Waals surface area contributed by atoms with Crippen molar-refractivity contribution in [2.75, 3.05) is 37.1 Å². The number of nitriles is 1. The second-order valence-electron chi connectivity index (χ2n) is 8.88. The molecule has 0 amide bonds. The quantitative estimate of drug-likeness (QED) is 0.560. The normalized spacial score (nSPS) is 15.0. The molecule has 0 unspecified atom stereocenters. The van der Waals surface area contributed by atoms with E-state index in [2.05, 4.69) is 52.2 Å². The van der Waals surface area contributed by atoms with Crippen LogP contribution in [0, 0.1) is 17.2 Å². The number of benzene rings is 1. The first kappa shape index (κ1) is 24.5. The highest BCUT2D eigenvalue weighted by molar-refractivity contribution is 5.77. The van der Waals surface area contributed by atoms with Crippen LogP contribution in [0.5, 0.6) is 0 Å². The monoisotopic (exact) mass is 451 g/mol. The van der Waals surface area contributed by atoms with Crippen LogP contribution in [-0.2, 0) is 14.3 Å². The maximum Gasteiger partial charge on any atom is 0.306 e. The Morgan fingerprint density at radius 1 is 1.27 bits per heavy atom. The van der Waals surface area contributed by atoms with Crippen LogP contribution < -0.4 is 10.2 Å². The number of nitrogens with zero attached hydrogens (tertiary/aromatic N) is 4. The van der Waals surface area contributed by atoms with E-state index in [0.717, 1.165) is 49.5 Å². The number of rotatable bonds is 9. The SMILES string of the molecule is COC(=O)C[C@@H](C)c1ccc(N(CC(C)C)C2CCOCC2)c(Nc2cnc(C#N)nc2)c1. The van der Waals surface area contributed by atoms with Gasteiger partial charge in [0.15, 0.2) is 0 Å². The third-order valence-corrected chi connectivity index (χ3v) is 5.82. The van der Waals surface area contributed by atoms with Crippen molar-refractivity contribution in [2.24, 2.45) is 5.92 Å². The molecule has 0 spiro atoms. The van der Waals surface area contributed by atoms with Crippen molar-refractivity contribution in [3.63, 3.8) is 0 Å². The van der Waals surface area contributed by atoms with Gasteiger partial charge in [-0.15, -0.1) is 0 Å². The van der Waals surface area contributed by atoms with Crippen LogP contribution in [0.15, 0.2) is 30.6 Å². The summed E-state index contributed by atoms with van der Waals surface area (Å²) in [5, 5.41) is 12.5. The molecule has 176 valence electrons. The summed E-state index contributed by atoms with van der Waals surface area (Å²) < 4.78 is 10.5. The van der Waals surface area contributed by atoms with E-state index in [4.69, 9.17) is 14.7 Å². The first-order chi connectivity index (χ1) is 15.9. The van der Waals surface area contributed by atoms with E-state index < -0.39 is 0 Å². The number of anilines is 3. The predicted molar refractivity (Wildman–Crippen MR) is 128 cm³/mol. The average molecular weight is 452 g/mol. The molecule has 0 saturated carbocycles. The van der Waals surface area contributed by atoms with E-state index in [9.17, 15) is 4.79 Å². The van der Waals surface area contributed by atoms with E-state index in [-0.39, 0.29) is 17.7 Å². The number of ether oxygens (including phenoxy) is 2. The smallest absolute Gasteiger partial charge is 0.306 e. The highest BCUT2D eigenvalue weighted by Gasteiger charge is 2.25. The van der Waals surface area contributed by atoms with Crippen molar-refractivity contribution in [2.45, 2.75) is 52.0 Å². The van der Waals surface area contributed by atoms with E-state index in [1.54, 1.807) is 12.4 Å². The number of aromatic nitrogens is 2. The lowest BCUT2D eigenvalue weighted by atomic mass is 9.95. The minimum atomic E-state index is -0.231. The molecule has 1 aromatic heterocycles. The molecule has 1 saturated heterocycles. The topological polar surface area (TPSA) is 100 Å². The molecular weight excluding hydrogens is 418 g/mol. The van der Waals surface area contributed by atoms with Crippen LogP contribution in [0.3, 0.4) is 0 Å². The number of hydrogen-bond acceptors (Lipinski definition) is 8. The van der Waals surface area contributed by atoms with Crippen molar-refractivity contribution in [3.05, 3.63) is 42.0 Å². The van der Waals surface area contributed by atoms with Crippen LogP contribution in [0.2, 0.25) is 0 Å². The zero-order valence-electron chi connectivity index (χ0n) is 19.9. The third kappa shape index (κ3) is 6.65. The number of nitrogens with one attached hydrogen (secondary N) is 1. The molecule has 33 heavy (non-hydrogen) atoms. The Morgan fingerprint density at radius 2 is 1.97 bits per heavy atom. The number of esters is 1. The summed E-state index contributed by atoms with van der Waals surface area (Å²) in [7, 11) is 1.41.